The fraction of sp³-hybridized carbons (Fsp3) is 0.273. The Morgan fingerprint density at radius 3 is 2.63 bits per heavy atom. The van der Waals surface area contributed by atoms with Crippen LogP contribution in [-0.4, -0.2) is 20.1 Å². The average Bonchev–Trinajstić information content (AvgIpc) is 2.75. The van der Waals surface area contributed by atoms with Crippen LogP contribution in [0.4, 0.5) is 13.2 Å². The summed E-state index contributed by atoms with van der Waals surface area (Å²) in [5.41, 5.74) is -0.886. The van der Waals surface area contributed by atoms with Gasteiger partial charge in [0.05, 0.1) is 12.3 Å². The van der Waals surface area contributed by atoms with Crippen LogP contribution < -0.4 is 0 Å². The highest BCUT2D eigenvalue weighted by Crippen LogP contribution is 2.33. The van der Waals surface area contributed by atoms with Crippen molar-refractivity contribution in [2.75, 3.05) is 0 Å². The smallest absolute Gasteiger partial charge is 0.390 e. The third-order valence-corrected chi connectivity index (χ3v) is 2.79. The van der Waals surface area contributed by atoms with E-state index >= 15 is 0 Å². The third kappa shape index (κ3) is 2.57. The summed E-state index contributed by atoms with van der Waals surface area (Å²) in [4.78, 5) is 0. The molecule has 0 radical (unpaired) electrons. The average molecular weight is 292 g/mol. The molecule has 0 unspecified atom stereocenters. The van der Waals surface area contributed by atoms with E-state index in [2.05, 4.69) is 10.3 Å². The SMILES string of the molecule is Cc1ccc(Cl)cc1-n1nnc(CO)c1C(F)(F)F. The van der Waals surface area contributed by atoms with Crippen LogP contribution in [0.3, 0.4) is 0 Å². The van der Waals surface area contributed by atoms with Gasteiger partial charge in [-0.1, -0.05) is 22.9 Å². The molecule has 0 saturated heterocycles. The Labute approximate surface area is 111 Å². The first-order chi connectivity index (χ1) is 8.84. The lowest BCUT2D eigenvalue weighted by Crippen LogP contribution is -2.16. The standard InChI is InChI=1S/C11H9ClF3N3O/c1-6-2-3-7(12)4-9(6)18-10(11(13,14)15)8(5-19)16-17-18/h2-4,19H,5H2,1H3. The summed E-state index contributed by atoms with van der Waals surface area (Å²) in [6.45, 7) is 0.792. The first kappa shape index (κ1) is 13.8. The van der Waals surface area contributed by atoms with Crippen LogP contribution in [0.15, 0.2) is 18.2 Å². The second-order valence-corrected chi connectivity index (χ2v) is 4.32. The van der Waals surface area contributed by atoms with Gasteiger partial charge in [-0.25, -0.2) is 4.68 Å². The van der Waals surface area contributed by atoms with Crippen molar-refractivity contribution < 1.29 is 18.3 Å². The van der Waals surface area contributed by atoms with Gasteiger partial charge >= 0.3 is 6.18 Å². The van der Waals surface area contributed by atoms with Gasteiger partial charge in [0.2, 0.25) is 0 Å². The largest absolute Gasteiger partial charge is 0.435 e. The van der Waals surface area contributed by atoms with Crippen molar-refractivity contribution in [2.45, 2.75) is 19.7 Å². The molecule has 102 valence electrons. The van der Waals surface area contributed by atoms with Gasteiger partial charge < -0.3 is 5.11 Å². The topological polar surface area (TPSA) is 50.9 Å². The van der Waals surface area contributed by atoms with Crippen molar-refractivity contribution >= 4 is 11.6 Å². The minimum atomic E-state index is -4.67. The van der Waals surface area contributed by atoms with Crippen LogP contribution in [0.5, 0.6) is 0 Å². The molecule has 4 nitrogen and oxygen atoms in total. The number of nitrogens with zero attached hydrogens (tertiary/aromatic N) is 3. The maximum absolute atomic E-state index is 13.0. The molecule has 19 heavy (non-hydrogen) atoms. The molecule has 1 N–H and O–H groups in total. The maximum Gasteiger partial charge on any atom is 0.435 e. The Morgan fingerprint density at radius 2 is 2.05 bits per heavy atom. The normalized spacial score (nSPS) is 11.9. The molecule has 0 aliphatic heterocycles. The van der Waals surface area contributed by atoms with E-state index in [4.69, 9.17) is 16.7 Å². The number of benzene rings is 1. The molecule has 1 aromatic carbocycles. The van der Waals surface area contributed by atoms with Crippen LogP contribution in [0, 0.1) is 6.92 Å². The molecule has 1 aromatic heterocycles. The lowest BCUT2D eigenvalue weighted by Gasteiger charge is -2.12. The summed E-state index contributed by atoms with van der Waals surface area (Å²) < 4.78 is 39.7. The highest BCUT2D eigenvalue weighted by molar-refractivity contribution is 6.30. The molecule has 0 bridgehead atoms. The summed E-state index contributed by atoms with van der Waals surface area (Å²) in [5.74, 6) is 0. The summed E-state index contributed by atoms with van der Waals surface area (Å²) in [6.07, 6.45) is -4.67. The van der Waals surface area contributed by atoms with Gasteiger partial charge in [0.15, 0.2) is 5.69 Å². The zero-order valence-corrected chi connectivity index (χ0v) is 10.5. The number of halogens is 4. The van der Waals surface area contributed by atoms with Crippen LogP contribution in [0.1, 0.15) is 17.0 Å². The predicted octanol–water partition coefficient (Wildman–Crippen LogP) is 2.74. The number of aromatic nitrogens is 3. The quantitative estimate of drug-likeness (QED) is 0.925. The fourth-order valence-electron chi connectivity index (χ4n) is 1.68. The zero-order valence-electron chi connectivity index (χ0n) is 9.74. The van der Waals surface area contributed by atoms with Gasteiger partial charge in [-0.15, -0.1) is 5.10 Å². The fourth-order valence-corrected chi connectivity index (χ4v) is 1.85. The summed E-state index contributed by atoms with van der Waals surface area (Å²) in [6, 6.07) is 4.51. The minimum Gasteiger partial charge on any atom is -0.390 e. The number of rotatable bonds is 2. The predicted molar refractivity (Wildman–Crippen MR) is 62.0 cm³/mol. The summed E-state index contributed by atoms with van der Waals surface area (Å²) in [5, 5.41) is 16.0. The van der Waals surface area contributed by atoms with E-state index in [1.165, 1.54) is 6.07 Å². The number of alkyl halides is 3. The summed E-state index contributed by atoms with van der Waals surface area (Å²) >= 11 is 5.78. The van der Waals surface area contributed by atoms with Crippen molar-refractivity contribution in [3.63, 3.8) is 0 Å². The molecule has 1 heterocycles. The molecule has 2 aromatic rings. The monoisotopic (exact) mass is 291 g/mol. The number of aryl methyl sites for hydroxylation is 1. The number of aliphatic hydroxyl groups excluding tert-OH is 1. The molecule has 0 fully saturated rings. The Morgan fingerprint density at radius 1 is 1.37 bits per heavy atom. The molecule has 2 rings (SSSR count). The maximum atomic E-state index is 13.0. The van der Waals surface area contributed by atoms with Crippen molar-refractivity contribution in [1.29, 1.82) is 0 Å². The van der Waals surface area contributed by atoms with Gasteiger partial charge in [-0.05, 0) is 24.6 Å². The first-order valence-corrected chi connectivity index (χ1v) is 5.61. The molecular formula is C11H9ClF3N3O. The Kier molecular flexibility index (Phi) is 3.51. The van der Waals surface area contributed by atoms with Crippen molar-refractivity contribution in [2.24, 2.45) is 0 Å². The third-order valence-electron chi connectivity index (χ3n) is 2.56. The Bertz CT molecular complexity index is 610. The molecule has 0 aliphatic rings. The molecule has 8 heteroatoms. The first-order valence-electron chi connectivity index (χ1n) is 5.23. The van der Waals surface area contributed by atoms with E-state index in [9.17, 15) is 13.2 Å². The van der Waals surface area contributed by atoms with Gasteiger partial charge in [-0.3, -0.25) is 0 Å². The van der Waals surface area contributed by atoms with Crippen LogP contribution >= 0.6 is 11.6 Å². The van der Waals surface area contributed by atoms with Gasteiger partial charge in [-0.2, -0.15) is 13.2 Å². The zero-order chi connectivity index (χ0) is 14.2. The molecule has 0 spiro atoms. The van der Waals surface area contributed by atoms with E-state index in [1.807, 2.05) is 0 Å². The Balaban J connectivity index is 2.69. The number of aliphatic hydroxyl groups is 1. The summed E-state index contributed by atoms with van der Waals surface area (Å²) in [7, 11) is 0. The number of hydrogen-bond acceptors (Lipinski definition) is 3. The van der Waals surface area contributed by atoms with Crippen molar-refractivity contribution in [1.82, 2.24) is 15.0 Å². The molecule has 0 atom stereocenters. The van der Waals surface area contributed by atoms with Gasteiger partial charge in [0, 0.05) is 5.02 Å². The minimum absolute atomic E-state index is 0.173. The second kappa shape index (κ2) is 4.82. The van der Waals surface area contributed by atoms with E-state index in [0.717, 1.165) is 0 Å². The van der Waals surface area contributed by atoms with E-state index in [-0.39, 0.29) is 10.7 Å². The highest BCUT2D eigenvalue weighted by Gasteiger charge is 2.39. The van der Waals surface area contributed by atoms with Crippen molar-refractivity contribution in [3.8, 4) is 5.69 Å². The van der Waals surface area contributed by atoms with E-state index in [1.54, 1.807) is 19.1 Å². The van der Waals surface area contributed by atoms with Gasteiger partial charge in [0.25, 0.3) is 0 Å². The van der Waals surface area contributed by atoms with Crippen LogP contribution in [0.25, 0.3) is 5.69 Å². The van der Waals surface area contributed by atoms with Crippen LogP contribution in [-0.2, 0) is 12.8 Å². The molecule has 0 aliphatic carbocycles. The number of hydrogen-bond donors (Lipinski definition) is 1. The highest BCUT2D eigenvalue weighted by atomic mass is 35.5. The lowest BCUT2D eigenvalue weighted by atomic mass is 10.2. The second-order valence-electron chi connectivity index (χ2n) is 3.88. The van der Waals surface area contributed by atoms with Crippen LogP contribution in [0.2, 0.25) is 5.02 Å². The van der Waals surface area contributed by atoms with Gasteiger partial charge in [0.1, 0.15) is 5.69 Å². The van der Waals surface area contributed by atoms with E-state index < -0.39 is 24.2 Å². The molecular weight excluding hydrogens is 283 g/mol. The van der Waals surface area contributed by atoms with E-state index in [0.29, 0.717) is 10.2 Å². The molecule has 0 amide bonds. The lowest BCUT2D eigenvalue weighted by molar-refractivity contribution is -0.143. The van der Waals surface area contributed by atoms with Crippen molar-refractivity contribution in [3.05, 3.63) is 40.2 Å². The Hall–Kier alpha value is -1.60. The molecule has 0 saturated carbocycles.